The van der Waals surface area contributed by atoms with Crippen molar-refractivity contribution in [1.29, 1.82) is 0 Å². The Morgan fingerprint density at radius 2 is 1.81 bits per heavy atom. The monoisotopic (exact) mass is 336 g/mol. The van der Waals surface area contributed by atoms with Gasteiger partial charge < -0.3 is 5.32 Å². The number of benzene rings is 1. The standard InChI is InChI=1S/C15H19ClF2N2.ClH/c16-15-12(18)4-3-11(17)14(15)13(9-10-1-2-10)20-7-5-19-6-8-20;/h3-4,10,13,19H,1-2,5-9H2;1H/t13-;/m0./s1. The summed E-state index contributed by atoms with van der Waals surface area (Å²) < 4.78 is 27.9. The van der Waals surface area contributed by atoms with Gasteiger partial charge in [-0.1, -0.05) is 24.4 Å². The maximum atomic E-state index is 14.2. The second kappa shape index (κ2) is 7.23. The van der Waals surface area contributed by atoms with Crippen molar-refractivity contribution in [2.24, 2.45) is 5.92 Å². The summed E-state index contributed by atoms with van der Waals surface area (Å²) in [4.78, 5) is 2.23. The van der Waals surface area contributed by atoms with Gasteiger partial charge >= 0.3 is 0 Å². The average molecular weight is 337 g/mol. The molecule has 2 aliphatic rings. The number of hydrogen-bond donors (Lipinski definition) is 1. The Labute approximate surface area is 135 Å². The molecule has 0 aromatic heterocycles. The van der Waals surface area contributed by atoms with Crippen molar-refractivity contribution in [3.63, 3.8) is 0 Å². The van der Waals surface area contributed by atoms with E-state index in [1.807, 2.05) is 0 Å². The normalized spacial score (nSPS) is 20.9. The third kappa shape index (κ3) is 3.86. The molecule has 1 saturated heterocycles. The quantitative estimate of drug-likeness (QED) is 0.841. The third-order valence-corrected chi connectivity index (χ3v) is 4.64. The number of hydrogen-bond acceptors (Lipinski definition) is 2. The first-order chi connectivity index (χ1) is 9.66. The molecule has 0 radical (unpaired) electrons. The molecule has 1 aromatic rings. The molecule has 6 heteroatoms. The fourth-order valence-corrected chi connectivity index (χ4v) is 3.24. The summed E-state index contributed by atoms with van der Waals surface area (Å²) >= 11 is 6.06. The summed E-state index contributed by atoms with van der Waals surface area (Å²) in [5.41, 5.74) is 0.348. The van der Waals surface area contributed by atoms with Gasteiger partial charge in [0.05, 0.1) is 5.02 Å². The van der Waals surface area contributed by atoms with E-state index >= 15 is 0 Å². The molecule has 1 aliphatic heterocycles. The van der Waals surface area contributed by atoms with Crippen LogP contribution in [-0.2, 0) is 0 Å². The van der Waals surface area contributed by atoms with Gasteiger partial charge in [-0.05, 0) is 24.5 Å². The molecule has 1 N–H and O–H groups in total. The fraction of sp³-hybridized carbons (Fsp3) is 0.600. The lowest BCUT2D eigenvalue weighted by molar-refractivity contribution is 0.157. The van der Waals surface area contributed by atoms with E-state index in [9.17, 15) is 8.78 Å². The van der Waals surface area contributed by atoms with Crippen molar-refractivity contribution in [2.45, 2.75) is 25.3 Å². The van der Waals surface area contributed by atoms with E-state index in [2.05, 4.69) is 10.2 Å². The highest BCUT2D eigenvalue weighted by Crippen LogP contribution is 2.43. The number of nitrogens with zero attached hydrogens (tertiary/aromatic N) is 1. The van der Waals surface area contributed by atoms with E-state index in [4.69, 9.17) is 11.6 Å². The van der Waals surface area contributed by atoms with Crippen molar-refractivity contribution >= 4 is 24.0 Å². The number of piperazine rings is 1. The molecular formula is C15H20Cl2F2N2. The van der Waals surface area contributed by atoms with Crippen LogP contribution in [0.1, 0.15) is 30.9 Å². The molecule has 21 heavy (non-hydrogen) atoms. The third-order valence-electron chi connectivity index (χ3n) is 4.26. The van der Waals surface area contributed by atoms with Gasteiger partial charge in [-0.25, -0.2) is 8.78 Å². The molecule has 0 spiro atoms. The highest BCUT2D eigenvalue weighted by Gasteiger charge is 2.33. The Morgan fingerprint density at radius 3 is 2.43 bits per heavy atom. The van der Waals surface area contributed by atoms with Gasteiger partial charge in [-0.15, -0.1) is 12.4 Å². The van der Waals surface area contributed by atoms with Gasteiger partial charge in [0, 0.05) is 37.8 Å². The summed E-state index contributed by atoms with van der Waals surface area (Å²) in [5.74, 6) is -0.284. The number of nitrogens with one attached hydrogen (secondary N) is 1. The predicted octanol–water partition coefficient (Wildman–Crippen LogP) is 3.79. The summed E-state index contributed by atoms with van der Waals surface area (Å²) in [6, 6.07) is 2.19. The van der Waals surface area contributed by atoms with Gasteiger partial charge in [-0.2, -0.15) is 0 Å². The summed E-state index contributed by atoms with van der Waals surface area (Å²) in [6.45, 7) is 3.47. The van der Waals surface area contributed by atoms with Crippen LogP contribution in [0.4, 0.5) is 8.78 Å². The molecule has 1 atom stereocenters. The first-order valence-corrected chi connectivity index (χ1v) is 7.63. The smallest absolute Gasteiger partial charge is 0.142 e. The van der Waals surface area contributed by atoms with E-state index in [-0.39, 0.29) is 29.3 Å². The van der Waals surface area contributed by atoms with Crippen LogP contribution in [0.25, 0.3) is 0 Å². The van der Waals surface area contributed by atoms with Gasteiger partial charge in [-0.3, -0.25) is 4.90 Å². The Morgan fingerprint density at radius 1 is 1.19 bits per heavy atom. The van der Waals surface area contributed by atoms with E-state index < -0.39 is 5.82 Å². The number of rotatable bonds is 4. The van der Waals surface area contributed by atoms with Crippen molar-refractivity contribution in [3.8, 4) is 0 Å². The first kappa shape index (κ1) is 16.9. The number of halogens is 4. The maximum Gasteiger partial charge on any atom is 0.142 e. The van der Waals surface area contributed by atoms with Crippen LogP contribution in [0.5, 0.6) is 0 Å². The van der Waals surface area contributed by atoms with Gasteiger partial charge in [0.2, 0.25) is 0 Å². The Hall–Kier alpha value is -0.420. The highest BCUT2D eigenvalue weighted by atomic mass is 35.5. The van der Waals surface area contributed by atoms with Gasteiger partial charge in [0.1, 0.15) is 11.6 Å². The van der Waals surface area contributed by atoms with Crippen LogP contribution >= 0.6 is 24.0 Å². The van der Waals surface area contributed by atoms with Crippen molar-refractivity contribution in [1.82, 2.24) is 10.2 Å². The molecule has 1 saturated carbocycles. The summed E-state index contributed by atoms with van der Waals surface area (Å²) in [7, 11) is 0. The van der Waals surface area contributed by atoms with E-state index in [1.165, 1.54) is 18.9 Å². The largest absolute Gasteiger partial charge is 0.314 e. The van der Waals surface area contributed by atoms with Crippen LogP contribution in [-0.4, -0.2) is 31.1 Å². The average Bonchev–Trinajstić information content (AvgIpc) is 3.27. The van der Waals surface area contributed by atoms with Gasteiger partial charge in [0.15, 0.2) is 0 Å². The highest BCUT2D eigenvalue weighted by molar-refractivity contribution is 6.31. The van der Waals surface area contributed by atoms with Crippen molar-refractivity contribution in [2.75, 3.05) is 26.2 Å². The molecular weight excluding hydrogens is 317 g/mol. The van der Waals surface area contributed by atoms with Crippen LogP contribution in [0.15, 0.2) is 12.1 Å². The predicted molar refractivity (Wildman–Crippen MR) is 83.1 cm³/mol. The molecule has 2 fully saturated rings. The molecule has 1 aromatic carbocycles. The minimum Gasteiger partial charge on any atom is -0.314 e. The maximum absolute atomic E-state index is 14.2. The summed E-state index contributed by atoms with van der Waals surface area (Å²) in [5, 5.41) is 3.24. The molecule has 0 bridgehead atoms. The zero-order chi connectivity index (χ0) is 14.1. The minimum atomic E-state index is -0.529. The van der Waals surface area contributed by atoms with E-state index in [0.29, 0.717) is 11.5 Å². The topological polar surface area (TPSA) is 15.3 Å². The minimum absolute atomic E-state index is 0. The lowest BCUT2D eigenvalue weighted by Gasteiger charge is -2.36. The molecule has 1 aliphatic carbocycles. The molecule has 3 rings (SSSR count). The van der Waals surface area contributed by atoms with Crippen molar-refractivity contribution < 1.29 is 8.78 Å². The Balaban J connectivity index is 0.00000161. The van der Waals surface area contributed by atoms with E-state index in [0.717, 1.165) is 38.7 Å². The molecule has 1 heterocycles. The lowest BCUT2D eigenvalue weighted by Crippen LogP contribution is -2.45. The van der Waals surface area contributed by atoms with Crippen LogP contribution < -0.4 is 5.32 Å². The molecule has 0 amide bonds. The first-order valence-electron chi connectivity index (χ1n) is 7.25. The van der Waals surface area contributed by atoms with Crippen molar-refractivity contribution in [3.05, 3.63) is 34.4 Å². The van der Waals surface area contributed by atoms with Gasteiger partial charge in [0.25, 0.3) is 0 Å². The molecule has 2 nitrogen and oxygen atoms in total. The van der Waals surface area contributed by atoms with Crippen LogP contribution in [0, 0.1) is 17.6 Å². The Kier molecular flexibility index (Phi) is 5.83. The second-order valence-corrected chi connectivity index (χ2v) is 6.12. The van der Waals surface area contributed by atoms with Crippen LogP contribution in [0.2, 0.25) is 5.02 Å². The second-order valence-electron chi connectivity index (χ2n) is 5.74. The zero-order valence-corrected chi connectivity index (χ0v) is 13.3. The fourth-order valence-electron chi connectivity index (χ4n) is 2.96. The van der Waals surface area contributed by atoms with Crippen LogP contribution in [0.3, 0.4) is 0 Å². The Bertz CT molecular complexity index is 489. The summed E-state index contributed by atoms with van der Waals surface area (Å²) in [6.07, 6.45) is 3.26. The SMILES string of the molecule is Cl.Fc1ccc(F)c([C@H](CC2CC2)N2CCNCC2)c1Cl. The zero-order valence-electron chi connectivity index (χ0n) is 11.7. The van der Waals surface area contributed by atoms with E-state index in [1.54, 1.807) is 0 Å². The molecule has 118 valence electrons. The molecule has 0 unspecified atom stereocenters. The lowest BCUT2D eigenvalue weighted by atomic mass is 9.97.